The molecule has 33 heavy (non-hydrogen) atoms. The first-order valence-electron chi connectivity index (χ1n) is 12.4. The van der Waals surface area contributed by atoms with Gasteiger partial charge < -0.3 is 20.2 Å². The second-order valence-electron chi connectivity index (χ2n) is 11.3. The van der Waals surface area contributed by atoms with Crippen LogP contribution in [0.1, 0.15) is 62.9 Å². The first-order chi connectivity index (χ1) is 15.5. The number of carbonyl (C=O) groups excluding carboxylic acids is 2. The molecule has 3 aliphatic rings. The summed E-state index contributed by atoms with van der Waals surface area (Å²) < 4.78 is 0. The van der Waals surface area contributed by atoms with Gasteiger partial charge >= 0.3 is 0 Å². The van der Waals surface area contributed by atoms with Gasteiger partial charge in [0.15, 0.2) is 5.13 Å². The van der Waals surface area contributed by atoms with E-state index in [1.807, 2.05) is 33.0 Å². The van der Waals surface area contributed by atoms with Crippen LogP contribution in [0.5, 0.6) is 0 Å². The van der Waals surface area contributed by atoms with Crippen LogP contribution in [0, 0.1) is 29.1 Å². The molecule has 0 aromatic carbocycles. The third-order valence-corrected chi connectivity index (χ3v) is 9.38. The second kappa shape index (κ2) is 9.27. The van der Waals surface area contributed by atoms with Gasteiger partial charge in [0, 0.05) is 42.8 Å². The van der Waals surface area contributed by atoms with Crippen LogP contribution in [-0.2, 0) is 16.0 Å². The molecular formula is C25H40N4O3S. The van der Waals surface area contributed by atoms with Crippen molar-refractivity contribution in [2.45, 2.75) is 64.9 Å². The standard InChI is InChI=1S/C25H40N4O3S/c1-14(23(32)29(6)12-11-28(4)5)17-9-10-25(3)13-18-20(15(2)19(25)21(17)30)26-24(33-18)27-22(31)16-7-8-16/h14-17,19,21,30H,7-13H2,1-6H3,(H,26,27,31). The number of aromatic nitrogens is 1. The summed E-state index contributed by atoms with van der Waals surface area (Å²) in [5, 5.41) is 15.3. The molecule has 2 saturated carbocycles. The Morgan fingerprint density at radius 1 is 1.24 bits per heavy atom. The smallest absolute Gasteiger partial charge is 0.229 e. The predicted molar refractivity (Wildman–Crippen MR) is 131 cm³/mol. The fourth-order valence-electron chi connectivity index (χ4n) is 6.14. The van der Waals surface area contributed by atoms with E-state index in [0.717, 1.165) is 44.3 Å². The van der Waals surface area contributed by atoms with Gasteiger partial charge in [0.1, 0.15) is 0 Å². The van der Waals surface area contributed by atoms with E-state index < -0.39 is 6.10 Å². The van der Waals surface area contributed by atoms with Crippen LogP contribution in [0.3, 0.4) is 0 Å². The topological polar surface area (TPSA) is 85.8 Å². The van der Waals surface area contributed by atoms with Gasteiger partial charge in [-0.25, -0.2) is 4.98 Å². The van der Waals surface area contributed by atoms with Gasteiger partial charge in [0.05, 0.1) is 11.8 Å². The molecule has 8 heteroatoms. The molecule has 7 nitrogen and oxygen atoms in total. The summed E-state index contributed by atoms with van der Waals surface area (Å²) in [6.45, 7) is 7.95. The summed E-state index contributed by atoms with van der Waals surface area (Å²) in [5.41, 5.74) is 1.00. The molecule has 2 N–H and O–H groups in total. The SMILES string of the molecule is CC(C(=O)N(C)CCN(C)C)C1CCC2(C)Cc3sc(NC(=O)C4CC4)nc3C(C)C2C1O. The lowest BCUT2D eigenvalue weighted by Crippen LogP contribution is -2.53. The Morgan fingerprint density at radius 3 is 2.58 bits per heavy atom. The summed E-state index contributed by atoms with van der Waals surface area (Å²) in [6, 6.07) is 0. The summed E-state index contributed by atoms with van der Waals surface area (Å²) in [6.07, 6.45) is 4.13. The quantitative estimate of drug-likeness (QED) is 0.631. The van der Waals surface area contributed by atoms with Crippen molar-refractivity contribution >= 4 is 28.3 Å². The van der Waals surface area contributed by atoms with E-state index in [-0.39, 0.29) is 46.8 Å². The zero-order valence-electron chi connectivity index (χ0n) is 20.9. The zero-order chi connectivity index (χ0) is 24.1. The minimum Gasteiger partial charge on any atom is -0.392 e. The van der Waals surface area contributed by atoms with Crippen molar-refractivity contribution in [2.75, 3.05) is 39.5 Å². The monoisotopic (exact) mass is 476 g/mol. The minimum atomic E-state index is -0.542. The van der Waals surface area contributed by atoms with E-state index in [0.29, 0.717) is 11.7 Å². The lowest BCUT2D eigenvalue weighted by atomic mass is 9.53. The average Bonchev–Trinajstić information content (AvgIpc) is 3.52. The number of likely N-dealkylation sites (N-methyl/N-ethyl adjacent to an activating group) is 2. The van der Waals surface area contributed by atoms with Gasteiger partial charge in [0.25, 0.3) is 0 Å². The van der Waals surface area contributed by atoms with Crippen LogP contribution < -0.4 is 5.32 Å². The summed E-state index contributed by atoms with van der Waals surface area (Å²) >= 11 is 1.60. The number of hydrogen-bond acceptors (Lipinski definition) is 6. The first kappa shape index (κ1) is 24.6. The number of anilines is 1. The Morgan fingerprint density at radius 2 is 1.94 bits per heavy atom. The summed E-state index contributed by atoms with van der Waals surface area (Å²) in [4.78, 5) is 35.3. The van der Waals surface area contributed by atoms with Gasteiger partial charge in [-0.05, 0) is 63.5 Å². The molecule has 1 heterocycles. The number of hydrogen-bond donors (Lipinski definition) is 2. The lowest BCUT2D eigenvalue weighted by Gasteiger charge is -2.53. The molecule has 4 rings (SSSR count). The van der Waals surface area contributed by atoms with Crippen molar-refractivity contribution < 1.29 is 14.7 Å². The highest BCUT2D eigenvalue weighted by molar-refractivity contribution is 7.15. The maximum Gasteiger partial charge on any atom is 0.229 e. The van der Waals surface area contributed by atoms with Crippen molar-refractivity contribution in [2.24, 2.45) is 29.1 Å². The number of nitrogens with zero attached hydrogens (tertiary/aromatic N) is 3. The number of thiazole rings is 1. The maximum absolute atomic E-state index is 13.1. The first-order valence-corrected chi connectivity index (χ1v) is 13.2. The molecule has 184 valence electrons. The molecule has 0 bridgehead atoms. The van der Waals surface area contributed by atoms with Crippen LogP contribution in [0.25, 0.3) is 0 Å². The van der Waals surface area contributed by atoms with E-state index in [1.54, 1.807) is 11.3 Å². The Balaban J connectivity index is 1.49. The molecule has 1 aromatic heterocycles. The Kier molecular flexibility index (Phi) is 6.91. The molecule has 6 unspecified atom stereocenters. The third-order valence-electron chi connectivity index (χ3n) is 8.39. The van der Waals surface area contributed by atoms with E-state index >= 15 is 0 Å². The summed E-state index contributed by atoms with van der Waals surface area (Å²) in [7, 11) is 5.88. The van der Waals surface area contributed by atoms with Crippen molar-refractivity contribution in [3.63, 3.8) is 0 Å². The predicted octanol–water partition coefficient (Wildman–Crippen LogP) is 3.20. The van der Waals surface area contributed by atoms with Crippen LogP contribution >= 0.6 is 11.3 Å². The second-order valence-corrected chi connectivity index (χ2v) is 12.4. The van der Waals surface area contributed by atoms with Crippen molar-refractivity contribution in [1.29, 1.82) is 0 Å². The Bertz CT molecular complexity index is 898. The normalized spacial score (nSPS) is 32.1. The Labute approximate surface area is 201 Å². The largest absolute Gasteiger partial charge is 0.392 e. The van der Waals surface area contributed by atoms with Crippen LogP contribution in [0.2, 0.25) is 0 Å². The molecule has 0 aliphatic heterocycles. The number of aliphatic hydroxyl groups is 1. The summed E-state index contributed by atoms with van der Waals surface area (Å²) in [5.74, 6) is 0.244. The zero-order valence-corrected chi connectivity index (χ0v) is 21.7. The van der Waals surface area contributed by atoms with Gasteiger partial charge in [-0.3, -0.25) is 9.59 Å². The number of fused-ring (bicyclic) bond motifs is 2. The fraction of sp³-hybridized carbons (Fsp3) is 0.800. The Hall–Kier alpha value is -1.51. The van der Waals surface area contributed by atoms with Crippen molar-refractivity contribution in [3.05, 3.63) is 10.6 Å². The highest BCUT2D eigenvalue weighted by Gasteiger charge is 2.54. The highest BCUT2D eigenvalue weighted by Crippen LogP contribution is 2.57. The number of amides is 2. The molecule has 6 atom stereocenters. The third kappa shape index (κ3) is 4.84. The molecule has 2 amide bonds. The van der Waals surface area contributed by atoms with Crippen LogP contribution in [0.15, 0.2) is 0 Å². The molecule has 0 spiro atoms. The van der Waals surface area contributed by atoms with Crippen molar-refractivity contribution in [3.8, 4) is 0 Å². The van der Waals surface area contributed by atoms with E-state index in [2.05, 4.69) is 24.1 Å². The maximum atomic E-state index is 13.1. The van der Waals surface area contributed by atoms with Crippen molar-refractivity contribution in [1.82, 2.24) is 14.8 Å². The van der Waals surface area contributed by atoms with Crippen LogP contribution in [0.4, 0.5) is 5.13 Å². The lowest BCUT2D eigenvalue weighted by molar-refractivity contribution is -0.143. The van der Waals surface area contributed by atoms with E-state index in [9.17, 15) is 14.7 Å². The molecule has 2 fully saturated rings. The number of rotatable bonds is 7. The molecule has 1 aromatic rings. The number of carbonyl (C=O) groups is 2. The highest BCUT2D eigenvalue weighted by atomic mass is 32.1. The van der Waals surface area contributed by atoms with Gasteiger partial charge in [-0.1, -0.05) is 20.8 Å². The number of aliphatic hydroxyl groups excluding tert-OH is 1. The minimum absolute atomic E-state index is 0.0216. The molecule has 0 saturated heterocycles. The average molecular weight is 477 g/mol. The van der Waals surface area contributed by atoms with E-state index in [1.165, 1.54) is 4.88 Å². The van der Waals surface area contributed by atoms with E-state index in [4.69, 9.17) is 4.98 Å². The number of nitrogens with one attached hydrogen (secondary N) is 1. The van der Waals surface area contributed by atoms with Crippen LogP contribution in [-0.4, -0.2) is 72.0 Å². The van der Waals surface area contributed by atoms with Gasteiger partial charge in [-0.15, -0.1) is 11.3 Å². The molecule has 3 aliphatic carbocycles. The molecular weight excluding hydrogens is 436 g/mol. The fourth-order valence-corrected chi connectivity index (χ4v) is 7.41. The molecule has 0 radical (unpaired) electrons. The van der Waals surface area contributed by atoms with Gasteiger partial charge in [-0.2, -0.15) is 0 Å². The van der Waals surface area contributed by atoms with Gasteiger partial charge in [0.2, 0.25) is 11.8 Å².